The lowest BCUT2D eigenvalue weighted by Crippen LogP contribution is -1.88. The molecule has 90 valence electrons. The molecule has 1 N–H and O–H groups in total. The highest BCUT2D eigenvalue weighted by molar-refractivity contribution is 9.10. The normalized spacial score (nSPS) is 10.5. The van der Waals surface area contributed by atoms with E-state index in [1.807, 2.05) is 18.2 Å². The van der Waals surface area contributed by atoms with Crippen molar-refractivity contribution in [2.24, 2.45) is 0 Å². The van der Waals surface area contributed by atoms with Crippen LogP contribution in [0.25, 0.3) is 11.4 Å². The van der Waals surface area contributed by atoms with Gasteiger partial charge in [-0.25, -0.2) is 4.98 Å². The van der Waals surface area contributed by atoms with E-state index in [1.165, 1.54) is 0 Å². The molecule has 0 saturated carbocycles. The molecule has 0 radical (unpaired) electrons. The van der Waals surface area contributed by atoms with Crippen molar-refractivity contribution in [2.75, 3.05) is 7.11 Å². The van der Waals surface area contributed by atoms with Crippen LogP contribution in [0.3, 0.4) is 0 Å². The molecule has 17 heavy (non-hydrogen) atoms. The number of hydrogen-bond acceptors (Lipinski definition) is 3. The van der Waals surface area contributed by atoms with E-state index < -0.39 is 0 Å². The van der Waals surface area contributed by atoms with Gasteiger partial charge in [-0.2, -0.15) is 5.10 Å². The number of ether oxygens (including phenoxy) is 1. The highest BCUT2D eigenvalue weighted by atomic mass is 79.9. The predicted octanol–water partition coefficient (Wildman–Crippen LogP) is 3.20. The zero-order valence-electron chi connectivity index (χ0n) is 9.83. The Morgan fingerprint density at radius 3 is 2.94 bits per heavy atom. The monoisotopic (exact) mass is 295 g/mol. The zero-order chi connectivity index (χ0) is 12.3. The van der Waals surface area contributed by atoms with E-state index in [-0.39, 0.29) is 0 Å². The average molecular weight is 296 g/mol. The lowest BCUT2D eigenvalue weighted by molar-refractivity contribution is 0.415. The maximum Gasteiger partial charge on any atom is 0.182 e. The van der Waals surface area contributed by atoms with Crippen LogP contribution in [0.5, 0.6) is 5.75 Å². The standard InChI is InChI=1S/C12H14BrN3O/c1-3-4-11-14-12(16-15-11)9-7-8(17-2)5-6-10(9)13/h5-7H,3-4H2,1-2H3,(H,14,15,16). The smallest absolute Gasteiger partial charge is 0.182 e. The van der Waals surface area contributed by atoms with Crippen molar-refractivity contribution < 1.29 is 4.74 Å². The highest BCUT2D eigenvalue weighted by Crippen LogP contribution is 2.29. The summed E-state index contributed by atoms with van der Waals surface area (Å²) >= 11 is 3.50. The second kappa shape index (κ2) is 5.31. The minimum atomic E-state index is 0.694. The first-order valence-electron chi connectivity index (χ1n) is 5.49. The number of nitrogens with one attached hydrogen (secondary N) is 1. The van der Waals surface area contributed by atoms with Gasteiger partial charge in [0.05, 0.1) is 7.11 Å². The van der Waals surface area contributed by atoms with Crippen LogP contribution in [0.15, 0.2) is 22.7 Å². The third-order valence-electron chi connectivity index (χ3n) is 2.43. The van der Waals surface area contributed by atoms with Crippen LogP contribution in [-0.4, -0.2) is 22.3 Å². The topological polar surface area (TPSA) is 50.8 Å². The maximum absolute atomic E-state index is 5.20. The van der Waals surface area contributed by atoms with E-state index in [0.29, 0.717) is 5.82 Å². The molecule has 0 bridgehead atoms. The SMILES string of the molecule is CCCc1nc(-c2cc(OC)ccc2Br)n[nH]1. The quantitative estimate of drug-likeness (QED) is 0.942. The van der Waals surface area contributed by atoms with Crippen LogP contribution in [0.2, 0.25) is 0 Å². The Morgan fingerprint density at radius 1 is 1.41 bits per heavy atom. The number of aryl methyl sites for hydroxylation is 1. The van der Waals surface area contributed by atoms with Crippen LogP contribution in [0.4, 0.5) is 0 Å². The van der Waals surface area contributed by atoms with Gasteiger partial charge in [-0.05, 0) is 24.6 Å². The van der Waals surface area contributed by atoms with Gasteiger partial charge in [0.15, 0.2) is 5.82 Å². The summed E-state index contributed by atoms with van der Waals surface area (Å²) in [7, 11) is 1.65. The van der Waals surface area contributed by atoms with Gasteiger partial charge >= 0.3 is 0 Å². The van der Waals surface area contributed by atoms with Crippen molar-refractivity contribution in [2.45, 2.75) is 19.8 Å². The average Bonchev–Trinajstić information content (AvgIpc) is 2.79. The van der Waals surface area contributed by atoms with Gasteiger partial charge < -0.3 is 4.74 Å². The fourth-order valence-corrected chi connectivity index (χ4v) is 1.99. The van der Waals surface area contributed by atoms with E-state index in [1.54, 1.807) is 7.11 Å². The number of methoxy groups -OCH3 is 1. The summed E-state index contributed by atoms with van der Waals surface area (Å²) in [6.45, 7) is 2.11. The summed E-state index contributed by atoms with van der Waals surface area (Å²) < 4.78 is 6.16. The Kier molecular flexibility index (Phi) is 3.78. The molecule has 0 unspecified atom stereocenters. The van der Waals surface area contributed by atoms with Gasteiger partial charge in [-0.3, -0.25) is 5.10 Å². The van der Waals surface area contributed by atoms with E-state index >= 15 is 0 Å². The Hall–Kier alpha value is -1.36. The van der Waals surface area contributed by atoms with Gasteiger partial charge in [0, 0.05) is 16.5 Å². The van der Waals surface area contributed by atoms with Crippen LogP contribution in [0, 0.1) is 0 Å². The number of aromatic amines is 1. The number of nitrogens with zero attached hydrogens (tertiary/aromatic N) is 2. The number of rotatable bonds is 4. The lowest BCUT2D eigenvalue weighted by Gasteiger charge is -2.03. The second-order valence-electron chi connectivity index (χ2n) is 3.70. The summed E-state index contributed by atoms with van der Waals surface area (Å²) in [4.78, 5) is 4.45. The van der Waals surface area contributed by atoms with Gasteiger partial charge in [-0.1, -0.05) is 22.9 Å². The summed E-state index contributed by atoms with van der Waals surface area (Å²) in [5, 5.41) is 7.17. The number of benzene rings is 1. The Morgan fingerprint density at radius 2 is 2.24 bits per heavy atom. The first kappa shape index (κ1) is 12.1. The molecule has 0 saturated heterocycles. The molecule has 0 aliphatic carbocycles. The minimum Gasteiger partial charge on any atom is -0.497 e. The molecule has 4 nitrogen and oxygen atoms in total. The molecule has 2 rings (SSSR count). The molecule has 1 aromatic heterocycles. The molecule has 0 fully saturated rings. The molecular weight excluding hydrogens is 282 g/mol. The molecule has 0 aliphatic rings. The molecule has 5 heteroatoms. The summed E-state index contributed by atoms with van der Waals surface area (Å²) in [5.74, 6) is 2.40. The fourth-order valence-electron chi connectivity index (χ4n) is 1.57. The van der Waals surface area contributed by atoms with Gasteiger partial charge in [0.25, 0.3) is 0 Å². The van der Waals surface area contributed by atoms with E-state index in [0.717, 1.165) is 34.5 Å². The maximum atomic E-state index is 5.20. The number of aromatic nitrogens is 3. The number of hydrogen-bond donors (Lipinski definition) is 1. The molecular formula is C12H14BrN3O. The molecule has 0 atom stereocenters. The summed E-state index contributed by atoms with van der Waals surface area (Å²) in [5.41, 5.74) is 0.933. The van der Waals surface area contributed by atoms with E-state index in [4.69, 9.17) is 4.74 Å². The van der Waals surface area contributed by atoms with Crippen LogP contribution >= 0.6 is 15.9 Å². The lowest BCUT2D eigenvalue weighted by atomic mass is 10.2. The van der Waals surface area contributed by atoms with Gasteiger partial charge in [0.2, 0.25) is 0 Å². The summed E-state index contributed by atoms with van der Waals surface area (Å²) in [6, 6.07) is 5.75. The number of halogens is 1. The molecule has 2 aromatic rings. The predicted molar refractivity (Wildman–Crippen MR) is 70.1 cm³/mol. The Labute approximate surface area is 109 Å². The van der Waals surface area contributed by atoms with E-state index in [9.17, 15) is 0 Å². The van der Waals surface area contributed by atoms with Crippen molar-refractivity contribution in [3.63, 3.8) is 0 Å². The zero-order valence-corrected chi connectivity index (χ0v) is 11.4. The van der Waals surface area contributed by atoms with Crippen molar-refractivity contribution >= 4 is 15.9 Å². The number of H-pyrrole nitrogens is 1. The molecule has 1 heterocycles. The minimum absolute atomic E-state index is 0.694. The van der Waals surface area contributed by atoms with Crippen molar-refractivity contribution in [1.29, 1.82) is 0 Å². The van der Waals surface area contributed by atoms with E-state index in [2.05, 4.69) is 38.0 Å². The van der Waals surface area contributed by atoms with Gasteiger partial charge in [0.1, 0.15) is 11.6 Å². The van der Waals surface area contributed by atoms with Crippen LogP contribution in [-0.2, 0) is 6.42 Å². The van der Waals surface area contributed by atoms with Crippen molar-refractivity contribution in [1.82, 2.24) is 15.2 Å². The van der Waals surface area contributed by atoms with Crippen molar-refractivity contribution in [3.8, 4) is 17.1 Å². The first-order chi connectivity index (χ1) is 8.24. The molecule has 0 amide bonds. The molecule has 0 spiro atoms. The van der Waals surface area contributed by atoms with Crippen LogP contribution < -0.4 is 4.74 Å². The van der Waals surface area contributed by atoms with Crippen molar-refractivity contribution in [3.05, 3.63) is 28.5 Å². The molecule has 0 aliphatic heterocycles. The molecule has 1 aromatic carbocycles. The van der Waals surface area contributed by atoms with Crippen LogP contribution in [0.1, 0.15) is 19.2 Å². The summed E-state index contributed by atoms with van der Waals surface area (Å²) in [6.07, 6.45) is 1.96. The Balaban J connectivity index is 2.37. The third-order valence-corrected chi connectivity index (χ3v) is 3.12. The fraction of sp³-hybridized carbons (Fsp3) is 0.333. The third kappa shape index (κ3) is 2.66. The Bertz CT molecular complexity index is 510. The highest BCUT2D eigenvalue weighted by Gasteiger charge is 2.10. The second-order valence-corrected chi connectivity index (χ2v) is 4.56. The largest absolute Gasteiger partial charge is 0.497 e. The van der Waals surface area contributed by atoms with Gasteiger partial charge in [-0.15, -0.1) is 0 Å². The first-order valence-corrected chi connectivity index (χ1v) is 6.29.